The molecule has 2 fully saturated rings. The molecule has 5 nitrogen and oxygen atoms in total. The average molecular weight is 288 g/mol. The van der Waals surface area contributed by atoms with Crippen molar-refractivity contribution in [2.24, 2.45) is 0 Å². The fraction of sp³-hybridized carbons (Fsp3) is 0.500. The number of hydrogen-bond acceptors (Lipinski definition) is 4. The second-order valence-electron chi connectivity index (χ2n) is 5.67. The van der Waals surface area contributed by atoms with Gasteiger partial charge in [-0.05, 0) is 30.7 Å². The Balaban J connectivity index is 1.59. The molecule has 2 aliphatic heterocycles. The van der Waals surface area contributed by atoms with Crippen molar-refractivity contribution < 1.29 is 14.3 Å². The van der Waals surface area contributed by atoms with Gasteiger partial charge in [0.25, 0.3) is 0 Å². The lowest BCUT2D eigenvalue weighted by molar-refractivity contribution is -0.130. The van der Waals surface area contributed by atoms with Crippen molar-refractivity contribution in [3.8, 4) is 5.75 Å². The first kappa shape index (κ1) is 14.1. The van der Waals surface area contributed by atoms with Gasteiger partial charge in [0, 0.05) is 37.7 Å². The largest absolute Gasteiger partial charge is 0.497 e. The maximum Gasteiger partial charge on any atom is 0.222 e. The average Bonchev–Trinajstić information content (AvgIpc) is 2.88. The van der Waals surface area contributed by atoms with E-state index in [4.69, 9.17) is 4.74 Å². The number of carbonyl (C=O) groups excluding carboxylic acids is 2. The zero-order valence-corrected chi connectivity index (χ0v) is 12.2. The Kier molecular flexibility index (Phi) is 3.92. The fourth-order valence-electron chi connectivity index (χ4n) is 3.14. The van der Waals surface area contributed by atoms with Crippen LogP contribution in [0.15, 0.2) is 24.3 Å². The van der Waals surface area contributed by atoms with Crippen LogP contribution in [0, 0.1) is 0 Å². The molecule has 0 bridgehead atoms. The number of fused-ring (bicyclic) bond motifs is 1. The highest BCUT2D eigenvalue weighted by Gasteiger charge is 2.35. The molecule has 1 aromatic rings. The Morgan fingerprint density at radius 2 is 2.05 bits per heavy atom. The maximum absolute atomic E-state index is 12.3. The minimum Gasteiger partial charge on any atom is -0.497 e. The third-order valence-electron chi connectivity index (χ3n) is 4.36. The van der Waals surface area contributed by atoms with Crippen molar-refractivity contribution in [3.05, 3.63) is 29.8 Å². The summed E-state index contributed by atoms with van der Waals surface area (Å²) in [5.74, 6) is 1.14. The van der Waals surface area contributed by atoms with Crippen LogP contribution in [0.2, 0.25) is 0 Å². The SMILES string of the molecule is COc1ccc(C(=O)CN2CCN3C(=O)CCC3C2)cc1. The predicted molar refractivity (Wildman–Crippen MR) is 78.5 cm³/mol. The van der Waals surface area contributed by atoms with Crippen LogP contribution in [0.3, 0.4) is 0 Å². The number of methoxy groups -OCH3 is 1. The highest BCUT2D eigenvalue weighted by Crippen LogP contribution is 2.23. The summed E-state index contributed by atoms with van der Waals surface area (Å²) in [6.45, 7) is 2.77. The highest BCUT2D eigenvalue weighted by molar-refractivity contribution is 5.97. The van der Waals surface area contributed by atoms with E-state index in [-0.39, 0.29) is 11.7 Å². The number of hydrogen-bond donors (Lipinski definition) is 0. The van der Waals surface area contributed by atoms with Gasteiger partial charge in [-0.1, -0.05) is 0 Å². The van der Waals surface area contributed by atoms with Crippen LogP contribution < -0.4 is 4.74 Å². The summed E-state index contributed by atoms with van der Waals surface area (Å²) in [4.78, 5) is 28.1. The molecule has 0 aromatic heterocycles. The molecule has 5 heteroatoms. The first-order valence-corrected chi connectivity index (χ1v) is 7.36. The van der Waals surface area contributed by atoms with E-state index in [9.17, 15) is 9.59 Å². The van der Waals surface area contributed by atoms with Crippen molar-refractivity contribution in [1.82, 2.24) is 9.80 Å². The normalized spacial score (nSPS) is 22.2. The van der Waals surface area contributed by atoms with Gasteiger partial charge in [-0.2, -0.15) is 0 Å². The topological polar surface area (TPSA) is 49.9 Å². The van der Waals surface area contributed by atoms with E-state index < -0.39 is 0 Å². The molecule has 0 spiro atoms. The summed E-state index contributed by atoms with van der Waals surface area (Å²) in [7, 11) is 1.61. The monoisotopic (exact) mass is 288 g/mol. The van der Waals surface area contributed by atoms with Gasteiger partial charge in [0.15, 0.2) is 5.78 Å². The second kappa shape index (κ2) is 5.85. The lowest BCUT2D eigenvalue weighted by atomic mass is 10.1. The number of Topliss-reactive ketones (excluding diaryl/α,β-unsaturated/α-hetero) is 1. The van der Waals surface area contributed by atoms with Crippen LogP contribution in [0.5, 0.6) is 5.75 Å². The lowest BCUT2D eigenvalue weighted by Crippen LogP contribution is -2.52. The van der Waals surface area contributed by atoms with E-state index in [2.05, 4.69) is 4.90 Å². The molecule has 2 heterocycles. The van der Waals surface area contributed by atoms with Crippen LogP contribution in [-0.2, 0) is 4.79 Å². The van der Waals surface area contributed by atoms with Crippen molar-refractivity contribution >= 4 is 11.7 Å². The van der Waals surface area contributed by atoms with Crippen LogP contribution in [-0.4, -0.2) is 60.8 Å². The molecule has 1 unspecified atom stereocenters. The highest BCUT2D eigenvalue weighted by atomic mass is 16.5. The third-order valence-corrected chi connectivity index (χ3v) is 4.36. The van der Waals surface area contributed by atoms with E-state index in [0.29, 0.717) is 24.6 Å². The summed E-state index contributed by atoms with van der Waals surface area (Å²) < 4.78 is 5.10. The summed E-state index contributed by atoms with van der Waals surface area (Å²) in [5, 5.41) is 0. The van der Waals surface area contributed by atoms with Crippen LogP contribution in [0.25, 0.3) is 0 Å². The predicted octanol–water partition coefficient (Wildman–Crippen LogP) is 1.18. The number of nitrogens with zero attached hydrogens (tertiary/aromatic N) is 2. The van der Waals surface area contributed by atoms with Gasteiger partial charge in [-0.25, -0.2) is 0 Å². The molecule has 1 aromatic carbocycles. The fourth-order valence-corrected chi connectivity index (χ4v) is 3.14. The lowest BCUT2D eigenvalue weighted by Gasteiger charge is -2.37. The molecule has 3 rings (SSSR count). The molecule has 1 amide bonds. The zero-order chi connectivity index (χ0) is 14.8. The standard InChI is InChI=1S/C16H20N2O3/c1-21-14-5-2-12(3-6-14)15(19)11-17-8-9-18-13(10-17)4-7-16(18)20/h2-3,5-6,13H,4,7-11H2,1H3. The third kappa shape index (κ3) is 2.93. The number of piperazine rings is 1. The maximum atomic E-state index is 12.3. The number of amides is 1. The zero-order valence-electron chi connectivity index (χ0n) is 12.2. The molecular formula is C16H20N2O3. The minimum atomic E-state index is 0.121. The number of ketones is 1. The van der Waals surface area contributed by atoms with Gasteiger partial charge in [-0.3, -0.25) is 14.5 Å². The molecule has 0 N–H and O–H groups in total. The summed E-state index contributed by atoms with van der Waals surface area (Å²) in [5.41, 5.74) is 0.709. The van der Waals surface area contributed by atoms with E-state index >= 15 is 0 Å². The molecular weight excluding hydrogens is 268 g/mol. The Labute approximate surface area is 124 Å². The summed E-state index contributed by atoms with van der Waals surface area (Å²) in [6, 6.07) is 7.52. The minimum absolute atomic E-state index is 0.121. The quantitative estimate of drug-likeness (QED) is 0.781. The van der Waals surface area contributed by atoms with Crippen LogP contribution in [0.1, 0.15) is 23.2 Å². The number of benzene rings is 1. The first-order valence-electron chi connectivity index (χ1n) is 7.36. The molecule has 21 heavy (non-hydrogen) atoms. The Morgan fingerprint density at radius 1 is 1.29 bits per heavy atom. The molecule has 0 saturated carbocycles. The Morgan fingerprint density at radius 3 is 2.76 bits per heavy atom. The summed E-state index contributed by atoms with van der Waals surface area (Å²) in [6.07, 6.45) is 1.58. The Hall–Kier alpha value is -1.88. The van der Waals surface area contributed by atoms with E-state index in [1.807, 2.05) is 4.90 Å². The van der Waals surface area contributed by atoms with Crippen molar-refractivity contribution in [3.63, 3.8) is 0 Å². The Bertz CT molecular complexity index is 541. The summed E-state index contributed by atoms with van der Waals surface area (Å²) >= 11 is 0. The van der Waals surface area contributed by atoms with Crippen molar-refractivity contribution in [2.45, 2.75) is 18.9 Å². The molecule has 0 aliphatic carbocycles. The van der Waals surface area contributed by atoms with Crippen molar-refractivity contribution in [1.29, 1.82) is 0 Å². The van der Waals surface area contributed by atoms with E-state index in [1.165, 1.54) is 0 Å². The van der Waals surface area contributed by atoms with Gasteiger partial charge < -0.3 is 9.64 Å². The van der Waals surface area contributed by atoms with Gasteiger partial charge in [0.05, 0.1) is 13.7 Å². The smallest absolute Gasteiger partial charge is 0.222 e. The number of ether oxygens (including phenoxy) is 1. The van der Waals surface area contributed by atoms with Gasteiger partial charge in [0.1, 0.15) is 5.75 Å². The number of rotatable bonds is 4. The van der Waals surface area contributed by atoms with Crippen molar-refractivity contribution in [2.75, 3.05) is 33.3 Å². The van der Waals surface area contributed by atoms with Gasteiger partial charge in [0.2, 0.25) is 5.91 Å². The molecule has 1 atom stereocenters. The van der Waals surface area contributed by atoms with Crippen LogP contribution in [0.4, 0.5) is 0 Å². The molecule has 0 radical (unpaired) electrons. The van der Waals surface area contributed by atoms with Gasteiger partial charge in [-0.15, -0.1) is 0 Å². The molecule has 112 valence electrons. The second-order valence-corrected chi connectivity index (χ2v) is 5.67. The first-order chi connectivity index (χ1) is 10.2. The van der Waals surface area contributed by atoms with Gasteiger partial charge >= 0.3 is 0 Å². The molecule has 2 saturated heterocycles. The van der Waals surface area contributed by atoms with Crippen LogP contribution >= 0.6 is 0 Å². The molecule has 2 aliphatic rings. The van der Waals surface area contributed by atoms with E-state index in [0.717, 1.165) is 31.8 Å². The van der Waals surface area contributed by atoms with E-state index in [1.54, 1.807) is 31.4 Å². The number of carbonyl (C=O) groups is 2.